The van der Waals surface area contributed by atoms with Crippen LogP contribution < -0.4 is 0 Å². The zero-order chi connectivity index (χ0) is 14.5. The highest BCUT2D eigenvalue weighted by atomic mass is 16.4. The molecule has 2 aromatic carbocycles. The molecule has 0 aliphatic rings. The highest BCUT2D eigenvalue weighted by Crippen LogP contribution is 2.23. The quantitative estimate of drug-likeness (QED) is 0.886. The van der Waals surface area contributed by atoms with E-state index in [1.807, 2.05) is 30.3 Å². The predicted molar refractivity (Wildman–Crippen MR) is 81.1 cm³/mol. The van der Waals surface area contributed by atoms with Gasteiger partial charge in [0.1, 0.15) is 0 Å². The molecule has 0 saturated carbocycles. The molecule has 1 N–H and O–H groups in total. The van der Waals surface area contributed by atoms with E-state index in [1.165, 1.54) is 16.7 Å². The van der Waals surface area contributed by atoms with E-state index in [0.29, 0.717) is 6.42 Å². The van der Waals surface area contributed by atoms with Crippen molar-refractivity contribution in [2.45, 2.75) is 32.6 Å². The van der Waals surface area contributed by atoms with E-state index in [4.69, 9.17) is 0 Å². The lowest BCUT2D eigenvalue weighted by molar-refractivity contribution is -0.138. The second kappa shape index (κ2) is 6.38. The number of aliphatic carboxylic acids is 1. The number of carboxylic acid groups (broad SMARTS) is 1. The topological polar surface area (TPSA) is 37.3 Å². The molecule has 0 aliphatic heterocycles. The van der Waals surface area contributed by atoms with Crippen LogP contribution in [0.5, 0.6) is 0 Å². The van der Waals surface area contributed by atoms with Gasteiger partial charge in [-0.15, -0.1) is 0 Å². The molecule has 0 radical (unpaired) electrons. The van der Waals surface area contributed by atoms with Crippen LogP contribution in [0.3, 0.4) is 0 Å². The Morgan fingerprint density at radius 3 is 2.45 bits per heavy atom. The van der Waals surface area contributed by atoms with E-state index in [0.717, 1.165) is 12.0 Å². The maximum atomic E-state index is 11.5. The number of carbonyl (C=O) groups is 1. The summed E-state index contributed by atoms with van der Waals surface area (Å²) in [7, 11) is 0. The largest absolute Gasteiger partial charge is 0.481 e. The smallest absolute Gasteiger partial charge is 0.310 e. The van der Waals surface area contributed by atoms with Crippen molar-refractivity contribution >= 4 is 5.97 Å². The van der Waals surface area contributed by atoms with Gasteiger partial charge < -0.3 is 5.11 Å². The van der Waals surface area contributed by atoms with Crippen molar-refractivity contribution < 1.29 is 9.90 Å². The van der Waals surface area contributed by atoms with Crippen LogP contribution in [0.1, 0.15) is 34.6 Å². The zero-order valence-electron chi connectivity index (χ0n) is 12.0. The number of hydrogen-bond acceptors (Lipinski definition) is 1. The second-order valence-corrected chi connectivity index (χ2v) is 5.27. The third-order valence-electron chi connectivity index (χ3n) is 3.71. The third kappa shape index (κ3) is 3.47. The molecule has 0 spiro atoms. The monoisotopic (exact) mass is 268 g/mol. The van der Waals surface area contributed by atoms with Gasteiger partial charge in [-0.3, -0.25) is 4.79 Å². The molecular formula is C18H20O2. The Labute approximate surface area is 120 Å². The Morgan fingerprint density at radius 2 is 1.80 bits per heavy atom. The number of hydrogen-bond donors (Lipinski definition) is 1. The van der Waals surface area contributed by atoms with Crippen molar-refractivity contribution in [1.29, 1.82) is 0 Å². The van der Waals surface area contributed by atoms with E-state index < -0.39 is 11.9 Å². The molecule has 2 nitrogen and oxygen atoms in total. The molecule has 0 bridgehead atoms. The molecule has 2 heteroatoms. The van der Waals surface area contributed by atoms with Crippen LogP contribution in [0.2, 0.25) is 0 Å². The SMILES string of the molecule is Cc1ccc(C)c(CCC(C(=O)O)c2ccccc2)c1. The number of carboxylic acids is 1. The minimum absolute atomic E-state index is 0.434. The van der Waals surface area contributed by atoms with Gasteiger partial charge in [0.25, 0.3) is 0 Å². The number of benzene rings is 2. The first-order chi connectivity index (χ1) is 9.58. The lowest BCUT2D eigenvalue weighted by atomic mass is 9.91. The first kappa shape index (κ1) is 14.3. The lowest BCUT2D eigenvalue weighted by Crippen LogP contribution is -2.12. The molecule has 1 atom stereocenters. The maximum absolute atomic E-state index is 11.5. The first-order valence-electron chi connectivity index (χ1n) is 6.92. The molecule has 20 heavy (non-hydrogen) atoms. The summed E-state index contributed by atoms with van der Waals surface area (Å²) in [6, 6.07) is 15.8. The summed E-state index contributed by atoms with van der Waals surface area (Å²) in [6.07, 6.45) is 1.42. The van der Waals surface area contributed by atoms with Gasteiger partial charge in [0.2, 0.25) is 0 Å². The highest BCUT2D eigenvalue weighted by molar-refractivity contribution is 5.76. The van der Waals surface area contributed by atoms with Gasteiger partial charge in [-0.05, 0) is 43.4 Å². The van der Waals surface area contributed by atoms with Crippen LogP contribution in [-0.2, 0) is 11.2 Å². The Hall–Kier alpha value is -2.09. The summed E-state index contributed by atoms with van der Waals surface area (Å²) in [5, 5.41) is 9.43. The van der Waals surface area contributed by atoms with Gasteiger partial charge in [0.15, 0.2) is 0 Å². The molecule has 104 valence electrons. The van der Waals surface area contributed by atoms with Crippen molar-refractivity contribution in [3.63, 3.8) is 0 Å². The molecule has 0 fully saturated rings. The van der Waals surface area contributed by atoms with E-state index in [1.54, 1.807) is 0 Å². The van der Waals surface area contributed by atoms with Gasteiger partial charge in [0, 0.05) is 0 Å². The number of aryl methyl sites for hydroxylation is 3. The molecule has 1 unspecified atom stereocenters. The average molecular weight is 268 g/mol. The molecule has 0 aromatic heterocycles. The molecular weight excluding hydrogens is 248 g/mol. The fourth-order valence-corrected chi connectivity index (χ4v) is 2.49. The Bertz CT molecular complexity index is 588. The Kier molecular flexibility index (Phi) is 4.57. The summed E-state index contributed by atoms with van der Waals surface area (Å²) in [5.74, 6) is -1.18. The molecule has 0 saturated heterocycles. The highest BCUT2D eigenvalue weighted by Gasteiger charge is 2.19. The van der Waals surface area contributed by atoms with Gasteiger partial charge in [-0.2, -0.15) is 0 Å². The van der Waals surface area contributed by atoms with Gasteiger partial charge in [-0.1, -0.05) is 54.1 Å². The second-order valence-electron chi connectivity index (χ2n) is 5.27. The van der Waals surface area contributed by atoms with Crippen molar-refractivity contribution in [3.05, 3.63) is 70.8 Å². The molecule has 0 amide bonds. The van der Waals surface area contributed by atoms with Crippen LogP contribution in [0, 0.1) is 13.8 Å². The van der Waals surface area contributed by atoms with Crippen LogP contribution in [-0.4, -0.2) is 11.1 Å². The summed E-state index contributed by atoms with van der Waals surface area (Å²) >= 11 is 0. The maximum Gasteiger partial charge on any atom is 0.310 e. The first-order valence-corrected chi connectivity index (χ1v) is 6.92. The lowest BCUT2D eigenvalue weighted by Gasteiger charge is -2.14. The predicted octanol–water partition coefficient (Wildman–Crippen LogP) is 4.10. The zero-order valence-corrected chi connectivity index (χ0v) is 12.0. The molecule has 2 aromatic rings. The minimum Gasteiger partial charge on any atom is -0.481 e. The molecule has 0 aliphatic carbocycles. The molecule has 2 rings (SSSR count). The fraction of sp³-hybridized carbons (Fsp3) is 0.278. The Morgan fingerprint density at radius 1 is 1.10 bits per heavy atom. The van der Waals surface area contributed by atoms with Crippen molar-refractivity contribution in [2.24, 2.45) is 0 Å². The van der Waals surface area contributed by atoms with E-state index in [2.05, 4.69) is 32.0 Å². The van der Waals surface area contributed by atoms with Crippen LogP contribution in [0.4, 0.5) is 0 Å². The van der Waals surface area contributed by atoms with E-state index >= 15 is 0 Å². The van der Waals surface area contributed by atoms with Crippen LogP contribution in [0.25, 0.3) is 0 Å². The Balaban J connectivity index is 2.14. The minimum atomic E-state index is -0.749. The fourth-order valence-electron chi connectivity index (χ4n) is 2.49. The number of rotatable bonds is 5. The van der Waals surface area contributed by atoms with Crippen molar-refractivity contribution in [2.75, 3.05) is 0 Å². The van der Waals surface area contributed by atoms with Gasteiger partial charge in [-0.25, -0.2) is 0 Å². The standard InChI is InChI=1S/C18H20O2/c1-13-8-9-14(2)16(12-13)10-11-17(18(19)20)15-6-4-3-5-7-15/h3-9,12,17H,10-11H2,1-2H3,(H,19,20). The molecule has 0 heterocycles. The summed E-state index contributed by atoms with van der Waals surface area (Å²) in [5.41, 5.74) is 4.57. The van der Waals surface area contributed by atoms with E-state index in [-0.39, 0.29) is 0 Å². The summed E-state index contributed by atoms with van der Waals surface area (Å²) in [4.78, 5) is 11.5. The van der Waals surface area contributed by atoms with Crippen LogP contribution in [0.15, 0.2) is 48.5 Å². The summed E-state index contributed by atoms with van der Waals surface area (Å²) < 4.78 is 0. The van der Waals surface area contributed by atoms with Crippen molar-refractivity contribution in [3.8, 4) is 0 Å². The summed E-state index contributed by atoms with van der Waals surface area (Å²) in [6.45, 7) is 4.14. The third-order valence-corrected chi connectivity index (χ3v) is 3.71. The van der Waals surface area contributed by atoms with E-state index in [9.17, 15) is 9.90 Å². The van der Waals surface area contributed by atoms with Gasteiger partial charge in [0.05, 0.1) is 5.92 Å². The average Bonchev–Trinajstić information content (AvgIpc) is 2.43. The normalized spacial score (nSPS) is 12.1. The van der Waals surface area contributed by atoms with Crippen molar-refractivity contribution in [1.82, 2.24) is 0 Å². The van der Waals surface area contributed by atoms with Gasteiger partial charge >= 0.3 is 5.97 Å². The van der Waals surface area contributed by atoms with Crippen LogP contribution >= 0.6 is 0 Å².